The van der Waals surface area contributed by atoms with E-state index in [1.54, 1.807) is 49.4 Å². The number of rotatable bonds is 2. The van der Waals surface area contributed by atoms with Crippen LogP contribution in [0.5, 0.6) is 0 Å². The summed E-state index contributed by atoms with van der Waals surface area (Å²) in [5.74, 6) is 0. The zero-order chi connectivity index (χ0) is 14.0. The topological polar surface area (TPSA) is 44.0 Å². The molecule has 2 nitrogen and oxygen atoms in total. The van der Waals surface area contributed by atoms with Crippen LogP contribution in [0.1, 0.15) is 23.6 Å². The van der Waals surface area contributed by atoms with Crippen molar-refractivity contribution in [1.82, 2.24) is 0 Å². The molecule has 0 radical (unpaired) electrons. The van der Waals surface area contributed by atoms with Gasteiger partial charge in [-0.25, -0.2) is 0 Å². The molecule has 0 heterocycles. The Kier molecular flexibility index (Phi) is 3.82. The highest BCUT2D eigenvalue weighted by molar-refractivity contribution is 6.33. The molecule has 0 saturated heterocycles. The van der Waals surface area contributed by atoms with Gasteiger partial charge in [-0.3, -0.25) is 0 Å². The predicted molar refractivity (Wildman–Crippen MR) is 76.3 cm³/mol. The lowest BCUT2D eigenvalue weighted by atomic mass is 9.88. The van der Waals surface area contributed by atoms with Crippen molar-refractivity contribution < 1.29 is 5.11 Å². The van der Waals surface area contributed by atoms with Crippen LogP contribution < -0.4 is 0 Å². The van der Waals surface area contributed by atoms with Gasteiger partial charge in [0.25, 0.3) is 0 Å². The molecule has 0 bridgehead atoms. The molecule has 4 heteroatoms. The van der Waals surface area contributed by atoms with E-state index in [1.807, 2.05) is 6.07 Å². The van der Waals surface area contributed by atoms with Crippen molar-refractivity contribution >= 4 is 23.2 Å². The summed E-state index contributed by atoms with van der Waals surface area (Å²) in [7, 11) is 0. The molecule has 0 saturated carbocycles. The van der Waals surface area contributed by atoms with Gasteiger partial charge < -0.3 is 5.11 Å². The number of hydrogen-bond donors (Lipinski definition) is 1. The van der Waals surface area contributed by atoms with E-state index in [2.05, 4.69) is 0 Å². The van der Waals surface area contributed by atoms with E-state index in [1.165, 1.54) is 0 Å². The summed E-state index contributed by atoms with van der Waals surface area (Å²) in [6.45, 7) is 1.64. The Morgan fingerprint density at radius 1 is 1.11 bits per heavy atom. The highest BCUT2D eigenvalue weighted by Crippen LogP contribution is 2.35. The Hall–Kier alpha value is -1.53. The van der Waals surface area contributed by atoms with Gasteiger partial charge in [-0.05, 0) is 42.8 Å². The van der Waals surface area contributed by atoms with Crippen LogP contribution in [0, 0.1) is 11.3 Å². The summed E-state index contributed by atoms with van der Waals surface area (Å²) >= 11 is 12.1. The maximum atomic E-state index is 10.7. The molecule has 1 N–H and O–H groups in total. The summed E-state index contributed by atoms with van der Waals surface area (Å²) in [6, 6.07) is 13.7. The summed E-state index contributed by atoms with van der Waals surface area (Å²) in [5, 5.41) is 20.4. The Balaban J connectivity index is 2.51. The fourth-order valence-electron chi connectivity index (χ4n) is 1.90. The lowest BCUT2D eigenvalue weighted by Crippen LogP contribution is -2.23. The summed E-state index contributed by atoms with van der Waals surface area (Å²) in [5.41, 5.74) is 0.453. The molecular formula is C15H11Cl2NO. The van der Waals surface area contributed by atoms with Gasteiger partial charge >= 0.3 is 0 Å². The lowest BCUT2D eigenvalue weighted by molar-refractivity contribution is 0.102. The van der Waals surface area contributed by atoms with Crippen molar-refractivity contribution in [3.63, 3.8) is 0 Å². The van der Waals surface area contributed by atoms with E-state index >= 15 is 0 Å². The number of hydrogen-bond acceptors (Lipinski definition) is 2. The van der Waals surface area contributed by atoms with E-state index in [0.717, 1.165) is 0 Å². The number of nitriles is 1. The van der Waals surface area contributed by atoms with Crippen LogP contribution in [0.4, 0.5) is 0 Å². The highest BCUT2D eigenvalue weighted by atomic mass is 35.5. The summed E-state index contributed by atoms with van der Waals surface area (Å²) in [4.78, 5) is 0. The maximum absolute atomic E-state index is 10.7. The van der Waals surface area contributed by atoms with E-state index in [-0.39, 0.29) is 0 Å². The molecular weight excluding hydrogens is 281 g/mol. The van der Waals surface area contributed by atoms with E-state index in [4.69, 9.17) is 28.5 Å². The molecule has 0 aromatic heterocycles. The maximum Gasteiger partial charge on any atom is 0.113 e. The standard InChI is InChI=1S/C15H11Cl2NO/c1-15(19,11-4-2-10(9-18)3-5-11)13-8-12(16)6-7-14(13)17/h2-8,19H,1H3. The van der Waals surface area contributed by atoms with Gasteiger partial charge in [0, 0.05) is 15.6 Å². The van der Waals surface area contributed by atoms with Gasteiger partial charge in [-0.1, -0.05) is 35.3 Å². The monoisotopic (exact) mass is 291 g/mol. The van der Waals surface area contributed by atoms with Crippen molar-refractivity contribution in [1.29, 1.82) is 5.26 Å². The smallest absolute Gasteiger partial charge is 0.113 e. The normalized spacial score (nSPS) is 13.6. The van der Waals surface area contributed by atoms with Gasteiger partial charge in [-0.15, -0.1) is 0 Å². The second-order valence-corrected chi connectivity index (χ2v) is 5.23. The molecule has 0 aliphatic heterocycles. The number of aliphatic hydroxyl groups is 1. The zero-order valence-electron chi connectivity index (χ0n) is 10.2. The second kappa shape index (κ2) is 5.22. The third-order valence-corrected chi connectivity index (χ3v) is 3.59. The van der Waals surface area contributed by atoms with Gasteiger partial charge in [0.15, 0.2) is 0 Å². The third-order valence-electron chi connectivity index (χ3n) is 3.03. The number of benzene rings is 2. The molecule has 2 aromatic rings. The zero-order valence-corrected chi connectivity index (χ0v) is 11.7. The molecule has 0 aliphatic carbocycles. The average Bonchev–Trinajstić information content (AvgIpc) is 2.41. The molecule has 1 atom stereocenters. The molecule has 0 amide bonds. The largest absolute Gasteiger partial charge is 0.381 e. The van der Waals surface area contributed by atoms with E-state index < -0.39 is 5.60 Å². The third kappa shape index (κ3) is 2.74. The fourth-order valence-corrected chi connectivity index (χ4v) is 2.37. The minimum Gasteiger partial charge on any atom is -0.381 e. The van der Waals surface area contributed by atoms with Gasteiger partial charge in [0.1, 0.15) is 5.60 Å². The molecule has 2 aromatic carbocycles. The molecule has 2 rings (SSSR count). The van der Waals surface area contributed by atoms with Crippen molar-refractivity contribution in [2.75, 3.05) is 0 Å². The quantitative estimate of drug-likeness (QED) is 0.904. The highest BCUT2D eigenvalue weighted by Gasteiger charge is 2.28. The van der Waals surface area contributed by atoms with E-state index in [0.29, 0.717) is 26.7 Å². The average molecular weight is 292 g/mol. The Morgan fingerprint density at radius 2 is 1.74 bits per heavy atom. The Bertz CT molecular complexity index is 642. The summed E-state index contributed by atoms with van der Waals surface area (Å²) in [6.07, 6.45) is 0. The predicted octanol–water partition coefficient (Wildman–Crippen LogP) is 4.12. The van der Waals surface area contributed by atoms with Crippen LogP contribution in [0.2, 0.25) is 10.0 Å². The van der Waals surface area contributed by atoms with Crippen LogP contribution >= 0.6 is 23.2 Å². The molecule has 1 unspecified atom stereocenters. The second-order valence-electron chi connectivity index (χ2n) is 4.39. The minimum atomic E-state index is -1.27. The van der Waals surface area contributed by atoms with Crippen LogP contribution in [0.3, 0.4) is 0 Å². The lowest BCUT2D eigenvalue weighted by Gasteiger charge is -2.25. The van der Waals surface area contributed by atoms with Crippen LogP contribution in [-0.2, 0) is 5.60 Å². The van der Waals surface area contributed by atoms with Gasteiger partial charge in [0.2, 0.25) is 0 Å². The first kappa shape index (κ1) is 13.9. The van der Waals surface area contributed by atoms with E-state index in [9.17, 15) is 5.11 Å². The van der Waals surface area contributed by atoms with Crippen molar-refractivity contribution in [3.05, 3.63) is 69.2 Å². The van der Waals surface area contributed by atoms with Crippen molar-refractivity contribution in [2.24, 2.45) is 0 Å². The molecule has 19 heavy (non-hydrogen) atoms. The number of nitrogens with zero attached hydrogens (tertiary/aromatic N) is 1. The van der Waals surface area contributed by atoms with Crippen LogP contribution in [-0.4, -0.2) is 5.11 Å². The molecule has 0 fully saturated rings. The Morgan fingerprint density at radius 3 is 2.32 bits per heavy atom. The minimum absolute atomic E-state index is 0.443. The molecule has 0 spiro atoms. The molecule has 0 aliphatic rings. The first-order valence-corrected chi connectivity index (χ1v) is 6.39. The van der Waals surface area contributed by atoms with Gasteiger partial charge in [-0.2, -0.15) is 5.26 Å². The fraction of sp³-hybridized carbons (Fsp3) is 0.133. The van der Waals surface area contributed by atoms with Crippen LogP contribution in [0.25, 0.3) is 0 Å². The van der Waals surface area contributed by atoms with Crippen molar-refractivity contribution in [3.8, 4) is 6.07 Å². The SMILES string of the molecule is CC(O)(c1ccc(C#N)cc1)c1cc(Cl)ccc1Cl. The van der Waals surface area contributed by atoms with Gasteiger partial charge in [0.05, 0.1) is 11.6 Å². The first-order chi connectivity index (χ1) is 8.95. The first-order valence-electron chi connectivity index (χ1n) is 5.63. The Labute approximate surface area is 121 Å². The number of halogens is 2. The van der Waals surface area contributed by atoms with Crippen molar-refractivity contribution in [2.45, 2.75) is 12.5 Å². The molecule has 96 valence electrons. The summed E-state index contributed by atoms with van der Waals surface area (Å²) < 4.78 is 0. The van der Waals surface area contributed by atoms with Crippen LogP contribution in [0.15, 0.2) is 42.5 Å².